The van der Waals surface area contributed by atoms with Crippen LogP contribution in [0.2, 0.25) is 0 Å². The van der Waals surface area contributed by atoms with Crippen LogP contribution in [0.15, 0.2) is 18.2 Å². The summed E-state index contributed by atoms with van der Waals surface area (Å²) in [6.45, 7) is 7.72. The van der Waals surface area contributed by atoms with E-state index in [-0.39, 0.29) is 0 Å². The van der Waals surface area contributed by atoms with Gasteiger partial charge in [0.05, 0.1) is 12.8 Å². The van der Waals surface area contributed by atoms with E-state index in [0.29, 0.717) is 5.92 Å². The van der Waals surface area contributed by atoms with Crippen LogP contribution in [-0.4, -0.2) is 26.7 Å². The van der Waals surface area contributed by atoms with Gasteiger partial charge in [-0.1, -0.05) is 19.9 Å². The van der Waals surface area contributed by atoms with Crippen LogP contribution in [0.4, 0.5) is 5.69 Å². The monoisotopic (exact) mass is 262 g/mol. The zero-order valence-corrected chi connectivity index (χ0v) is 12.3. The Kier molecular flexibility index (Phi) is 5.08. The van der Waals surface area contributed by atoms with Gasteiger partial charge in [-0.2, -0.15) is 0 Å². The van der Waals surface area contributed by atoms with Crippen molar-refractivity contribution in [3.05, 3.63) is 23.8 Å². The minimum absolute atomic E-state index is 0.533. The first kappa shape index (κ1) is 14.2. The molecule has 1 aliphatic rings. The second-order valence-electron chi connectivity index (χ2n) is 5.71. The van der Waals surface area contributed by atoms with Gasteiger partial charge in [-0.3, -0.25) is 0 Å². The second-order valence-corrected chi connectivity index (χ2v) is 5.71. The number of nitrogens with one attached hydrogen (secondary N) is 2. The Hall–Kier alpha value is -1.22. The number of hydrogen-bond acceptors (Lipinski definition) is 3. The van der Waals surface area contributed by atoms with Gasteiger partial charge in [0.15, 0.2) is 0 Å². The van der Waals surface area contributed by atoms with Crippen molar-refractivity contribution < 1.29 is 4.74 Å². The Labute approximate surface area is 116 Å². The lowest BCUT2D eigenvalue weighted by atomic mass is 9.99. The predicted molar refractivity (Wildman–Crippen MR) is 81.2 cm³/mol. The molecule has 1 fully saturated rings. The van der Waals surface area contributed by atoms with Crippen molar-refractivity contribution in [1.82, 2.24) is 5.32 Å². The topological polar surface area (TPSA) is 33.3 Å². The largest absolute Gasteiger partial charge is 0.495 e. The molecule has 3 nitrogen and oxygen atoms in total. The van der Waals surface area contributed by atoms with Gasteiger partial charge in [0, 0.05) is 6.54 Å². The number of anilines is 1. The van der Waals surface area contributed by atoms with Crippen molar-refractivity contribution in [3.8, 4) is 5.75 Å². The summed E-state index contributed by atoms with van der Waals surface area (Å²) in [5, 5.41) is 6.99. The summed E-state index contributed by atoms with van der Waals surface area (Å²) < 4.78 is 5.50. The number of benzene rings is 1. The number of methoxy groups -OCH3 is 1. The zero-order valence-electron chi connectivity index (χ0n) is 12.3. The first-order valence-electron chi connectivity index (χ1n) is 7.33. The number of hydrogen-bond donors (Lipinski definition) is 2. The summed E-state index contributed by atoms with van der Waals surface area (Å²) in [6.07, 6.45) is 2.60. The van der Waals surface area contributed by atoms with Crippen LogP contribution in [-0.2, 0) is 0 Å². The van der Waals surface area contributed by atoms with Crippen LogP contribution >= 0.6 is 0 Å². The Morgan fingerprint density at radius 1 is 1.42 bits per heavy atom. The lowest BCUT2D eigenvalue weighted by molar-refractivity contribution is 0.390. The van der Waals surface area contributed by atoms with Crippen molar-refractivity contribution in [2.24, 2.45) is 5.92 Å². The quantitative estimate of drug-likeness (QED) is 0.854. The standard InChI is InChI=1S/C16H26N2O/c1-12(2)14-6-7-15(16(9-14)19-3)18-11-13-5-4-8-17-10-13/h6-7,9,12-13,17-18H,4-5,8,10-11H2,1-3H3. The Morgan fingerprint density at radius 3 is 2.89 bits per heavy atom. The maximum absolute atomic E-state index is 5.50. The van der Waals surface area contributed by atoms with E-state index in [9.17, 15) is 0 Å². The third-order valence-corrected chi connectivity index (χ3v) is 3.87. The fraction of sp³-hybridized carbons (Fsp3) is 0.625. The summed E-state index contributed by atoms with van der Waals surface area (Å²) in [7, 11) is 1.74. The van der Waals surface area contributed by atoms with Gasteiger partial charge in [0.2, 0.25) is 0 Å². The highest BCUT2D eigenvalue weighted by molar-refractivity contribution is 5.58. The summed E-state index contributed by atoms with van der Waals surface area (Å²) in [5.41, 5.74) is 2.43. The molecule has 106 valence electrons. The minimum Gasteiger partial charge on any atom is -0.495 e. The normalized spacial score (nSPS) is 19.5. The summed E-state index contributed by atoms with van der Waals surface area (Å²) in [6, 6.07) is 6.48. The highest BCUT2D eigenvalue weighted by Gasteiger charge is 2.13. The molecule has 2 N–H and O–H groups in total. The van der Waals surface area contributed by atoms with Crippen LogP contribution in [0.3, 0.4) is 0 Å². The van der Waals surface area contributed by atoms with Crippen molar-refractivity contribution in [3.63, 3.8) is 0 Å². The fourth-order valence-corrected chi connectivity index (χ4v) is 2.57. The molecule has 1 aliphatic heterocycles. The molecule has 1 heterocycles. The molecule has 0 amide bonds. The van der Waals surface area contributed by atoms with Crippen LogP contribution in [0.1, 0.15) is 38.2 Å². The lowest BCUT2D eigenvalue weighted by Gasteiger charge is -2.24. The zero-order chi connectivity index (χ0) is 13.7. The van der Waals surface area contributed by atoms with Crippen LogP contribution in [0.25, 0.3) is 0 Å². The Morgan fingerprint density at radius 2 is 2.26 bits per heavy atom. The molecule has 1 aromatic rings. The van der Waals surface area contributed by atoms with Gasteiger partial charge in [0.1, 0.15) is 5.75 Å². The maximum atomic E-state index is 5.50. The highest BCUT2D eigenvalue weighted by Crippen LogP contribution is 2.29. The third-order valence-electron chi connectivity index (χ3n) is 3.87. The van der Waals surface area contributed by atoms with E-state index >= 15 is 0 Å². The van der Waals surface area contributed by atoms with E-state index in [4.69, 9.17) is 4.74 Å². The van der Waals surface area contributed by atoms with Crippen molar-refractivity contribution in [1.29, 1.82) is 0 Å². The predicted octanol–water partition coefficient (Wildman–Crippen LogP) is 3.23. The van der Waals surface area contributed by atoms with Gasteiger partial charge in [0.25, 0.3) is 0 Å². The van der Waals surface area contributed by atoms with E-state index in [1.165, 1.54) is 24.9 Å². The van der Waals surface area contributed by atoms with E-state index in [2.05, 4.69) is 42.7 Å². The number of ether oxygens (including phenoxy) is 1. The second kappa shape index (κ2) is 6.80. The molecule has 19 heavy (non-hydrogen) atoms. The van der Waals surface area contributed by atoms with Crippen LogP contribution < -0.4 is 15.4 Å². The molecule has 1 unspecified atom stereocenters. The highest BCUT2D eigenvalue weighted by atomic mass is 16.5. The van der Waals surface area contributed by atoms with E-state index in [1.807, 2.05) is 0 Å². The molecule has 1 atom stereocenters. The van der Waals surface area contributed by atoms with Gasteiger partial charge in [-0.05, 0) is 55.5 Å². The molecule has 1 aromatic carbocycles. The SMILES string of the molecule is COc1cc(C(C)C)ccc1NCC1CCCNC1. The molecule has 2 rings (SSSR count). The van der Waals surface area contributed by atoms with E-state index in [0.717, 1.165) is 30.4 Å². The molecular weight excluding hydrogens is 236 g/mol. The fourth-order valence-electron chi connectivity index (χ4n) is 2.57. The Balaban J connectivity index is 1.98. The molecule has 0 spiro atoms. The summed E-state index contributed by atoms with van der Waals surface area (Å²) in [4.78, 5) is 0. The van der Waals surface area contributed by atoms with Crippen molar-refractivity contribution >= 4 is 5.69 Å². The molecule has 1 saturated heterocycles. The third kappa shape index (κ3) is 3.87. The first-order valence-corrected chi connectivity index (χ1v) is 7.33. The molecule has 0 saturated carbocycles. The molecule has 0 aromatic heterocycles. The molecular formula is C16H26N2O. The average molecular weight is 262 g/mol. The first-order chi connectivity index (χ1) is 9.20. The maximum Gasteiger partial charge on any atom is 0.142 e. The summed E-state index contributed by atoms with van der Waals surface area (Å²) >= 11 is 0. The smallest absolute Gasteiger partial charge is 0.142 e. The molecule has 0 aliphatic carbocycles. The van der Waals surface area contributed by atoms with E-state index in [1.54, 1.807) is 7.11 Å². The molecule has 0 radical (unpaired) electrons. The van der Waals surface area contributed by atoms with Crippen LogP contribution in [0.5, 0.6) is 5.75 Å². The van der Waals surface area contributed by atoms with Crippen LogP contribution in [0, 0.1) is 5.92 Å². The van der Waals surface area contributed by atoms with Gasteiger partial charge in [-0.15, -0.1) is 0 Å². The van der Waals surface area contributed by atoms with Gasteiger partial charge < -0.3 is 15.4 Å². The average Bonchev–Trinajstić information content (AvgIpc) is 2.45. The molecule has 3 heteroatoms. The van der Waals surface area contributed by atoms with E-state index < -0.39 is 0 Å². The number of piperidine rings is 1. The van der Waals surface area contributed by atoms with Gasteiger partial charge >= 0.3 is 0 Å². The molecule has 0 bridgehead atoms. The van der Waals surface area contributed by atoms with Gasteiger partial charge in [-0.25, -0.2) is 0 Å². The summed E-state index contributed by atoms with van der Waals surface area (Å²) in [5.74, 6) is 2.21. The van der Waals surface area contributed by atoms with Crippen molar-refractivity contribution in [2.45, 2.75) is 32.6 Å². The van der Waals surface area contributed by atoms with Crippen molar-refractivity contribution in [2.75, 3.05) is 32.1 Å². The number of rotatable bonds is 5. The minimum atomic E-state index is 0.533. The Bertz CT molecular complexity index is 398. The lowest BCUT2D eigenvalue weighted by Crippen LogP contribution is -2.33.